The third-order valence-electron chi connectivity index (χ3n) is 3.16. The van der Waals surface area contributed by atoms with Gasteiger partial charge in [0.25, 0.3) is 0 Å². The summed E-state index contributed by atoms with van der Waals surface area (Å²) in [7, 11) is 0.212. The van der Waals surface area contributed by atoms with E-state index in [0.717, 1.165) is 6.54 Å². The summed E-state index contributed by atoms with van der Waals surface area (Å²) in [5.41, 5.74) is 1.28. The zero-order valence-corrected chi connectivity index (χ0v) is 14.0. The largest absolute Gasteiger partial charge is 0.300 e. The Hall–Kier alpha value is -1.22. The Bertz CT molecular complexity index is 691. The Morgan fingerprint density at radius 1 is 1.48 bits per heavy atom. The van der Waals surface area contributed by atoms with E-state index in [-0.39, 0.29) is 4.90 Å². The molecule has 0 atom stereocenters. The van der Waals surface area contributed by atoms with Crippen LogP contribution in [0.3, 0.4) is 0 Å². The number of hydrogen-bond donors (Lipinski definition) is 1. The molecule has 2 heterocycles. The number of nitrogens with one attached hydrogen (secondary N) is 1. The fourth-order valence-corrected chi connectivity index (χ4v) is 3.87. The first-order chi connectivity index (χ1) is 9.88. The Kier molecular flexibility index (Phi) is 5.15. The summed E-state index contributed by atoms with van der Waals surface area (Å²) in [5, 5.41) is 5.95. The number of thiophene rings is 1. The molecule has 0 unspecified atom stereocenters. The van der Waals surface area contributed by atoms with Gasteiger partial charge >= 0.3 is 0 Å². The minimum atomic E-state index is -3.46. The molecule has 0 saturated heterocycles. The quantitative estimate of drug-likeness (QED) is 0.829. The molecule has 0 amide bonds. The van der Waals surface area contributed by atoms with Crippen LogP contribution in [0.2, 0.25) is 0 Å². The molecule has 116 valence electrons. The van der Waals surface area contributed by atoms with Crippen molar-refractivity contribution in [3.63, 3.8) is 0 Å². The summed E-state index contributed by atoms with van der Waals surface area (Å²) >= 11 is 1.73. The van der Waals surface area contributed by atoms with E-state index in [9.17, 15) is 8.42 Å². The van der Waals surface area contributed by atoms with Crippen molar-refractivity contribution in [3.8, 4) is 0 Å². The summed E-state index contributed by atoms with van der Waals surface area (Å²) in [6.45, 7) is 3.94. The summed E-state index contributed by atoms with van der Waals surface area (Å²) in [6, 6.07) is 2.10. The Labute approximate surface area is 129 Å². The number of aryl methyl sites for hydroxylation is 2. The van der Waals surface area contributed by atoms with Gasteiger partial charge in [-0.1, -0.05) is 0 Å². The first-order valence-electron chi connectivity index (χ1n) is 6.58. The molecule has 0 aliphatic heterocycles. The van der Waals surface area contributed by atoms with Crippen molar-refractivity contribution in [2.45, 2.75) is 18.4 Å². The van der Waals surface area contributed by atoms with Crippen LogP contribution in [0.15, 0.2) is 28.7 Å². The minimum absolute atomic E-state index is 0.196. The molecular formula is C13H20N4O2S2. The van der Waals surface area contributed by atoms with E-state index in [1.165, 1.54) is 27.5 Å². The highest BCUT2D eigenvalue weighted by Crippen LogP contribution is 2.16. The fourth-order valence-electron chi connectivity index (χ4n) is 1.88. The van der Waals surface area contributed by atoms with Gasteiger partial charge in [-0.15, -0.1) is 11.3 Å². The van der Waals surface area contributed by atoms with Crippen molar-refractivity contribution in [2.24, 2.45) is 7.05 Å². The number of likely N-dealkylation sites (N-methyl/N-ethyl adjacent to an activating group) is 1. The number of nitrogens with zero attached hydrogens (tertiary/aromatic N) is 3. The Morgan fingerprint density at radius 3 is 2.81 bits per heavy atom. The topological polar surface area (TPSA) is 67.2 Å². The maximum absolute atomic E-state index is 12.0. The molecule has 2 rings (SSSR count). The van der Waals surface area contributed by atoms with Crippen molar-refractivity contribution in [2.75, 3.05) is 20.1 Å². The summed E-state index contributed by atoms with van der Waals surface area (Å²) in [5.74, 6) is 0. The Balaban J connectivity index is 1.82. The molecule has 2 aromatic heterocycles. The van der Waals surface area contributed by atoms with E-state index in [1.807, 2.05) is 7.05 Å². The van der Waals surface area contributed by atoms with Gasteiger partial charge in [-0.3, -0.25) is 9.58 Å². The Morgan fingerprint density at radius 2 is 2.24 bits per heavy atom. The van der Waals surface area contributed by atoms with Gasteiger partial charge in [-0.2, -0.15) is 5.10 Å². The van der Waals surface area contributed by atoms with Crippen molar-refractivity contribution in [1.82, 2.24) is 19.4 Å². The molecule has 0 fully saturated rings. The molecule has 2 aromatic rings. The normalized spacial score (nSPS) is 12.2. The predicted octanol–water partition coefficient (Wildman–Crippen LogP) is 1.20. The van der Waals surface area contributed by atoms with Gasteiger partial charge < -0.3 is 0 Å². The van der Waals surface area contributed by atoms with Crippen molar-refractivity contribution < 1.29 is 8.42 Å². The molecular weight excluding hydrogens is 308 g/mol. The second kappa shape index (κ2) is 6.69. The van der Waals surface area contributed by atoms with Crippen LogP contribution in [0.4, 0.5) is 0 Å². The van der Waals surface area contributed by atoms with Gasteiger partial charge in [0.15, 0.2) is 0 Å². The molecule has 0 aliphatic carbocycles. The molecule has 1 N–H and O–H groups in total. The highest BCUT2D eigenvalue weighted by molar-refractivity contribution is 7.89. The van der Waals surface area contributed by atoms with Crippen LogP contribution in [0, 0.1) is 6.92 Å². The minimum Gasteiger partial charge on any atom is -0.300 e. The van der Waals surface area contributed by atoms with Crippen LogP contribution in [0.1, 0.15) is 10.4 Å². The predicted molar refractivity (Wildman–Crippen MR) is 83.8 cm³/mol. The highest BCUT2D eigenvalue weighted by atomic mass is 32.2. The van der Waals surface area contributed by atoms with Gasteiger partial charge in [-0.25, -0.2) is 13.1 Å². The molecule has 0 saturated carbocycles. The maximum Gasteiger partial charge on any atom is 0.243 e. The second-order valence-electron chi connectivity index (χ2n) is 5.01. The smallest absolute Gasteiger partial charge is 0.243 e. The van der Waals surface area contributed by atoms with E-state index < -0.39 is 10.0 Å². The molecule has 8 heteroatoms. The molecule has 0 spiro atoms. The average Bonchev–Trinajstić information content (AvgIpc) is 2.99. The van der Waals surface area contributed by atoms with Crippen LogP contribution in [-0.2, 0) is 23.6 Å². The van der Waals surface area contributed by atoms with Gasteiger partial charge in [0.2, 0.25) is 10.0 Å². The van der Waals surface area contributed by atoms with Crippen molar-refractivity contribution in [3.05, 3.63) is 34.3 Å². The second-order valence-corrected chi connectivity index (χ2v) is 7.78. The number of sulfonamides is 1. The first-order valence-corrected chi connectivity index (χ1v) is 8.94. The molecule has 21 heavy (non-hydrogen) atoms. The van der Waals surface area contributed by atoms with Gasteiger partial charge in [0, 0.05) is 37.8 Å². The number of hydrogen-bond acceptors (Lipinski definition) is 5. The molecule has 0 aliphatic rings. The maximum atomic E-state index is 12.0. The van der Waals surface area contributed by atoms with Crippen molar-refractivity contribution in [1.29, 1.82) is 0 Å². The van der Waals surface area contributed by atoms with Crippen LogP contribution < -0.4 is 4.72 Å². The lowest BCUT2D eigenvalue weighted by Crippen LogP contribution is -2.32. The summed E-state index contributed by atoms with van der Waals surface area (Å²) < 4.78 is 28.1. The average molecular weight is 328 g/mol. The molecule has 6 nitrogen and oxygen atoms in total. The van der Waals surface area contributed by atoms with E-state index in [4.69, 9.17) is 0 Å². The lowest BCUT2D eigenvalue weighted by molar-refractivity contribution is 0.334. The number of aromatic nitrogens is 2. The lowest BCUT2D eigenvalue weighted by Gasteiger charge is -2.16. The van der Waals surface area contributed by atoms with Crippen LogP contribution in [0.5, 0.6) is 0 Å². The van der Waals surface area contributed by atoms with E-state index >= 15 is 0 Å². The van der Waals surface area contributed by atoms with Crippen LogP contribution in [-0.4, -0.2) is 43.2 Å². The third-order valence-corrected chi connectivity index (χ3v) is 5.58. The summed E-state index contributed by atoms with van der Waals surface area (Å²) in [6.07, 6.45) is 2.84. The SMILES string of the molecule is Cc1ccsc1CN(C)CCNS(=O)(=O)c1cnn(C)c1. The van der Waals surface area contributed by atoms with E-state index in [0.29, 0.717) is 13.1 Å². The standard InChI is InChI=1S/C13H20N4O2S2/c1-11-4-7-20-13(11)10-16(2)6-5-15-21(18,19)12-8-14-17(3)9-12/h4,7-9,15H,5-6,10H2,1-3H3. The zero-order chi connectivity index (χ0) is 15.5. The van der Waals surface area contributed by atoms with Crippen LogP contribution in [0.25, 0.3) is 0 Å². The first kappa shape index (κ1) is 16.2. The van der Waals surface area contributed by atoms with Crippen LogP contribution >= 0.6 is 11.3 Å². The molecule has 0 aromatic carbocycles. The zero-order valence-electron chi connectivity index (χ0n) is 12.4. The van der Waals surface area contributed by atoms with Gasteiger partial charge in [0.1, 0.15) is 4.90 Å². The third kappa shape index (κ3) is 4.37. The number of rotatable bonds is 7. The summed E-state index contributed by atoms with van der Waals surface area (Å²) in [4.78, 5) is 3.61. The lowest BCUT2D eigenvalue weighted by atomic mass is 10.3. The van der Waals surface area contributed by atoms with Gasteiger partial charge in [-0.05, 0) is 31.0 Å². The van der Waals surface area contributed by atoms with Crippen molar-refractivity contribution >= 4 is 21.4 Å². The fraction of sp³-hybridized carbons (Fsp3) is 0.462. The highest BCUT2D eigenvalue weighted by Gasteiger charge is 2.15. The van der Waals surface area contributed by atoms with Gasteiger partial charge in [0.05, 0.1) is 6.20 Å². The molecule has 0 radical (unpaired) electrons. The van der Waals surface area contributed by atoms with E-state index in [2.05, 4.69) is 33.1 Å². The molecule has 0 bridgehead atoms. The monoisotopic (exact) mass is 328 g/mol. The van der Waals surface area contributed by atoms with E-state index in [1.54, 1.807) is 18.4 Å².